The van der Waals surface area contributed by atoms with Crippen molar-refractivity contribution in [2.24, 2.45) is 5.41 Å². The fourth-order valence-electron chi connectivity index (χ4n) is 2.66. The molecule has 1 rings (SSSR count). The minimum Gasteiger partial charge on any atom is -0.391 e. The number of nitrogens with one attached hydrogen (secondary N) is 1. The first-order valence-corrected chi connectivity index (χ1v) is 7.53. The maximum absolute atomic E-state index is 12.3. The van der Waals surface area contributed by atoms with Crippen LogP contribution in [-0.4, -0.2) is 47.7 Å². The number of likely N-dealkylation sites (tertiary alicyclic amines) is 1. The van der Waals surface area contributed by atoms with Gasteiger partial charge in [0.1, 0.15) is 0 Å². The topological polar surface area (TPSA) is 52.6 Å². The summed E-state index contributed by atoms with van der Waals surface area (Å²) in [7, 11) is 0. The highest BCUT2D eigenvalue weighted by Gasteiger charge is 2.30. The summed E-state index contributed by atoms with van der Waals surface area (Å²) in [6.07, 6.45) is 3.29. The van der Waals surface area contributed by atoms with Crippen molar-refractivity contribution >= 4 is 5.91 Å². The summed E-state index contributed by atoms with van der Waals surface area (Å²) in [4.78, 5) is 14.1. The number of rotatable bonds is 6. The van der Waals surface area contributed by atoms with Gasteiger partial charge in [0.15, 0.2) is 0 Å². The molecular weight excluding hydrogens is 240 g/mol. The van der Waals surface area contributed by atoms with Crippen LogP contribution in [0.2, 0.25) is 0 Å². The molecule has 1 saturated heterocycles. The lowest BCUT2D eigenvalue weighted by atomic mass is 9.89. The Bertz CT molecular complexity index is 286. The molecule has 0 bridgehead atoms. The molecule has 0 radical (unpaired) electrons. The lowest BCUT2D eigenvalue weighted by Gasteiger charge is -2.35. The van der Waals surface area contributed by atoms with Crippen molar-refractivity contribution in [1.29, 1.82) is 0 Å². The normalized spacial score (nSPS) is 22.7. The average molecular weight is 270 g/mol. The van der Waals surface area contributed by atoms with Gasteiger partial charge in [-0.3, -0.25) is 4.79 Å². The minimum absolute atomic E-state index is 0.0458. The third-order valence-electron chi connectivity index (χ3n) is 3.45. The molecule has 0 aromatic heterocycles. The van der Waals surface area contributed by atoms with Crippen molar-refractivity contribution in [1.82, 2.24) is 10.2 Å². The number of β-amino-alcohol motifs (C(OH)–C–C–N with tert-alkyl or cyclic N) is 1. The maximum atomic E-state index is 12.3. The summed E-state index contributed by atoms with van der Waals surface area (Å²) < 4.78 is 0. The fourth-order valence-corrected chi connectivity index (χ4v) is 2.66. The Balaban J connectivity index is 2.46. The number of amides is 1. The number of hydrogen-bond acceptors (Lipinski definition) is 3. The van der Waals surface area contributed by atoms with Crippen molar-refractivity contribution < 1.29 is 9.90 Å². The number of aliphatic hydroxyl groups is 1. The first-order valence-electron chi connectivity index (χ1n) is 7.53. The third-order valence-corrected chi connectivity index (χ3v) is 3.45. The van der Waals surface area contributed by atoms with Gasteiger partial charge < -0.3 is 15.3 Å². The van der Waals surface area contributed by atoms with Crippen LogP contribution in [0, 0.1) is 5.41 Å². The van der Waals surface area contributed by atoms with Crippen LogP contribution < -0.4 is 5.32 Å². The Kier molecular flexibility index (Phi) is 6.27. The van der Waals surface area contributed by atoms with Gasteiger partial charge in [-0.05, 0) is 37.6 Å². The standard InChI is InChI=1S/C15H30N2O2/c1-5-8-16-13-7-6-9-17(14(13)19)11-12(18)10-15(2,3)4/h12-13,16,18H,5-11H2,1-4H3. The van der Waals surface area contributed by atoms with Crippen molar-refractivity contribution in [2.75, 3.05) is 19.6 Å². The quantitative estimate of drug-likeness (QED) is 0.773. The van der Waals surface area contributed by atoms with E-state index in [9.17, 15) is 9.90 Å². The van der Waals surface area contributed by atoms with E-state index >= 15 is 0 Å². The second-order valence-corrected chi connectivity index (χ2v) is 6.85. The molecule has 2 atom stereocenters. The number of nitrogens with zero attached hydrogens (tertiary/aromatic N) is 1. The Hall–Kier alpha value is -0.610. The zero-order valence-corrected chi connectivity index (χ0v) is 12.9. The van der Waals surface area contributed by atoms with Crippen LogP contribution in [0.25, 0.3) is 0 Å². The van der Waals surface area contributed by atoms with Gasteiger partial charge in [-0.1, -0.05) is 27.7 Å². The molecule has 4 heteroatoms. The van der Waals surface area contributed by atoms with Crippen LogP contribution in [0.15, 0.2) is 0 Å². The number of piperidine rings is 1. The molecule has 0 aliphatic carbocycles. The van der Waals surface area contributed by atoms with Gasteiger partial charge >= 0.3 is 0 Å². The van der Waals surface area contributed by atoms with Gasteiger partial charge in [0.25, 0.3) is 0 Å². The predicted octanol–water partition coefficient (Wildman–Crippen LogP) is 1.77. The minimum atomic E-state index is -0.422. The molecule has 1 fully saturated rings. The van der Waals surface area contributed by atoms with Gasteiger partial charge in [0.05, 0.1) is 12.1 Å². The molecule has 1 aliphatic rings. The molecule has 0 spiro atoms. The van der Waals surface area contributed by atoms with Crippen molar-refractivity contribution in [3.05, 3.63) is 0 Å². The second-order valence-electron chi connectivity index (χ2n) is 6.85. The van der Waals surface area contributed by atoms with E-state index in [1.54, 1.807) is 0 Å². The maximum Gasteiger partial charge on any atom is 0.239 e. The van der Waals surface area contributed by atoms with Crippen LogP contribution in [0.5, 0.6) is 0 Å². The number of aliphatic hydroxyl groups excluding tert-OH is 1. The first-order chi connectivity index (χ1) is 8.83. The zero-order valence-electron chi connectivity index (χ0n) is 12.9. The van der Waals surface area contributed by atoms with Gasteiger partial charge in [0.2, 0.25) is 5.91 Å². The molecule has 0 saturated carbocycles. The van der Waals surface area contributed by atoms with Crippen LogP contribution in [0.1, 0.15) is 53.4 Å². The van der Waals surface area contributed by atoms with E-state index in [2.05, 4.69) is 33.0 Å². The van der Waals surface area contributed by atoms with Crippen LogP contribution in [0.4, 0.5) is 0 Å². The number of carbonyl (C=O) groups is 1. The van der Waals surface area contributed by atoms with Crippen molar-refractivity contribution in [3.8, 4) is 0 Å². The molecular formula is C15H30N2O2. The van der Waals surface area contributed by atoms with Crippen molar-refractivity contribution in [2.45, 2.75) is 65.5 Å². The third kappa shape index (κ3) is 5.91. The van der Waals surface area contributed by atoms with E-state index in [1.165, 1.54) is 0 Å². The number of hydrogen-bond donors (Lipinski definition) is 2. The molecule has 2 N–H and O–H groups in total. The predicted molar refractivity (Wildman–Crippen MR) is 78.0 cm³/mol. The molecule has 2 unspecified atom stereocenters. The Labute approximate surface area is 117 Å². The van der Waals surface area contributed by atoms with E-state index in [0.717, 1.165) is 38.8 Å². The lowest BCUT2D eigenvalue weighted by Crippen LogP contribution is -2.52. The Morgan fingerprint density at radius 3 is 2.74 bits per heavy atom. The van der Waals surface area contributed by atoms with E-state index in [4.69, 9.17) is 0 Å². The smallest absolute Gasteiger partial charge is 0.239 e. The zero-order chi connectivity index (χ0) is 14.5. The van der Waals surface area contributed by atoms with Crippen LogP contribution in [-0.2, 0) is 4.79 Å². The van der Waals surface area contributed by atoms with Gasteiger partial charge in [0, 0.05) is 13.1 Å². The summed E-state index contributed by atoms with van der Waals surface area (Å²) in [5.41, 5.74) is 0.0954. The average Bonchev–Trinajstić information content (AvgIpc) is 2.28. The van der Waals surface area contributed by atoms with Gasteiger partial charge in [-0.25, -0.2) is 0 Å². The SMILES string of the molecule is CCCNC1CCCN(CC(O)CC(C)(C)C)C1=O. The van der Waals surface area contributed by atoms with Gasteiger partial charge in [-0.15, -0.1) is 0 Å². The van der Waals surface area contributed by atoms with Gasteiger partial charge in [-0.2, -0.15) is 0 Å². The largest absolute Gasteiger partial charge is 0.391 e. The van der Waals surface area contributed by atoms with Crippen molar-refractivity contribution in [3.63, 3.8) is 0 Å². The van der Waals surface area contributed by atoms with E-state index in [-0.39, 0.29) is 17.4 Å². The molecule has 0 aromatic rings. The molecule has 1 heterocycles. The highest BCUT2D eigenvalue weighted by Crippen LogP contribution is 2.22. The van der Waals surface area contributed by atoms with E-state index in [0.29, 0.717) is 6.54 Å². The monoisotopic (exact) mass is 270 g/mol. The number of carbonyl (C=O) groups excluding carboxylic acids is 1. The highest BCUT2D eigenvalue weighted by atomic mass is 16.3. The van der Waals surface area contributed by atoms with Crippen LogP contribution in [0.3, 0.4) is 0 Å². The highest BCUT2D eigenvalue weighted by molar-refractivity contribution is 5.82. The summed E-state index contributed by atoms with van der Waals surface area (Å²) in [5.74, 6) is 0.160. The summed E-state index contributed by atoms with van der Waals surface area (Å²) in [6, 6.07) is -0.0458. The van der Waals surface area contributed by atoms with Crippen LogP contribution >= 0.6 is 0 Å². The van der Waals surface area contributed by atoms with E-state index in [1.807, 2.05) is 4.90 Å². The first kappa shape index (κ1) is 16.4. The lowest BCUT2D eigenvalue weighted by molar-refractivity contribution is -0.137. The molecule has 19 heavy (non-hydrogen) atoms. The fraction of sp³-hybridized carbons (Fsp3) is 0.933. The molecule has 112 valence electrons. The Morgan fingerprint density at radius 1 is 1.47 bits per heavy atom. The summed E-state index contributed by atoms with van der Waals surface area (Å²) in [6.45, 7) is 10.6. The van der Waals surface area contributed by atoms with E-state index < -0.39 is 6.10 Å². The summed E-state index contributed by atoms with van der Waals surface area (Å²) in [5, 5.41) is 13.4. The second kappa shape index (κ2) is 7.25. The Morgan fingerprint density at radius 2 is 2.16 bits per heavy atom. The molecule has 4 nitrogen and oxygen atoms in total. The molecule has 0 aromatic carbocycles. The summed E-state index contributed by atoms with van der Waals surface area (Å²) >= 11 is 0. The molecule has 1 amide bonds. The molecule has 1 aliphatic heterocycles.